The summed E-state index contributed by atoms with van der Waals surface area (Å²) in [5.74, 6) is 0.526. The van der Waals surface area contributed by atoms with Gasteiger partial charge in [-0.05, 0) is 24.3 Å². The highest BCUT2D eigenvalue weighted by Crippen LogP contribution is 2.16. The Labute approximate surface area is 105 Å². The van der Waals surface area contributed by atoms with Crippen LogP contribution in [0.15, 0.2) is 48.8 Å². The summed E-state index contributed by atoms with van der Waals surface area (Å²) >= 11 is 0. The number of nitrogens with zero attached hydrogens (tertiary/aromatic N) is 1. The molecule has 0 unspecified atom stereocenters. The molecule has 2 rings (SSSR count). The Morgan fingerprint density at radius 1 is 1.22 bits per heavy atom. The quantitative estimate of drug-likeness (QED) is 0.597. The Hall–Kier alpha value is -2.20. The molecule has 18 heavy (non-hydrogen) atoms. The van der Waals surface area contributed by atoms with Crippen molar-refractivity contribution in [2.75, 3.05) is 13.9 Å². The second kappa shape index (κ2) is 5.93. The van der Waals surface area contributed by atoms with E-state index in [0.29, 0.717) is 16.9 Å². The molecule has 1 aromatic heterocycles. The topological polar surface area (TPSA) is 48.4 Å². The third kappa shape index (κ3) is 2.93. The Morgan fingerprint density at radius 2 is 2.06 bits per heavy atom. The highest BCUT2D eigenvalue weighted by Gasteiger charge is 2.09. The highest BCUT2D eigenvalue weighted by molar-refractivity contribution is 6.08. The predicted molar refractivity (Wildman–Crippen MR) is 66.6 cm³/mol. The van der Waals surface area contributed by atoms with Crippen LogP contribution < -0.4 is 4.74 Å². The first-order valence-corrected chi connectivity index (χ1v) is 5.48. The number of ether oxygens (including phenoxy) is 2. The second-order valence-electron chi connectivity index (χ2n) is 3.65. The summed E-state index contributed by atoms with van der Waals surface area (Å²) in [6.07, 6.45) is 3.18. The Morgan fingerprint density at radius 3 is 2.78 bits per heavy atom. The lowest BCUT2D eigenvalue weighted by Crippen LogP contribution is -2.03. The van der Waals surface area contributed by atoms with Crippen molar-refractivity contribution in [1.82, 2.24) is 4.98 Å². The second-order valence-corrected chi connectivity index (χ2v) is 3.65. The van der Waals surface area contributed by atoms with Gasteiger partial charge in [-0.1, -0.05) is 12.1 Å². The number of carbonyl (C=O) groups excluding carboxylic acids is 1. The van der Waals surface area contributed by atoms with Crippen LogP contribution >= 0.6 is 0 Å². The van der Waals surface area contributed by atoms with E-state index in [0.717, 1.165) is 0 Å². The average molecular weight is 243 g/mol. The summed E-state index contributed by atoms with van der Waals surface area (Å²) in [7, 11) is 1.55. The van der Waals surface area contributed by atoms with Crippen LogP contribution in [0.3, 0.4) is 0 Å². The molecule has 2 aromatic rings. The maximum Gasteiger partial charge on any atom is 0.194 e. The third-order valence-electron chi connectivity index (χ3n) is 2.36. The summed E-state index contributed by atoms with van der Waals surface area (Å²) in [5.41, 5.74) is 1.12. The molecule has 0 fully saturated rings. The van der Waals surface area contributed by atoms with E-state index >= 15 is 0 Å². The Bertz CT molecular complexity index is 526. The van der Waals surface area contributed by atoms with E-state index in [1.54, 1.807) is 55.9 Å². The molecule has 4 nitrogen and oxygen atoms in total. The van der Waals surface area contributed by atoms with Gasteiger partial charge >= 0.3 is 0 Å². The van der Waals surface area contributed by atoms with Crippen LogP contribution in [0.4, 0.5) is 0 Å². The highest BCUT2D eigenvalue weighted by atomic mass is 16.7. The van der Waals surface area contributed by atoms with Gasteiger partial charge in [0.2, 0.25) is 0 Å². The van der Waals surface area contributed by atoms with E-state index in [1.807, 2.05) is 0 Å². The minimum absolute atomic E-state index is 0.0778. The monoisotopic (exact) mass is 243 g/mol. The lowest BCUT2D eigenvalue weighted by atomic mass is 10.1. The van der Waals surface area contributed by atoms with E-state index in [2.05, 4.69) is 4.98 Å². The minimum Gasteiger partial charge on any atom is -0.468 e. The van der Waals surface area contributed by atoms with E-state index in [4.69, 9.17) is 9.47 Å². The van der Waals surface area contributed by atoms with Gasteiger partial charge in [-0.15, -0.1) is 0 Å². The molecule has 0 aliphatic carbocycles. The van der Waals surface area contributed by atoms with Crippen molar-refractivity contribution in [3.05, 3.63) is 59.9 Å². The number of benzene rings is 1. The number of rotatable bonds is 5. The van der Waals surface area contributed by atoms with Gasteiger partial charge < -0.3 is 9.47 Å². The standard InChI is InChI=1S/C14H13NO3/c1-17-10-18-13-6-2-4-11(8-13)14(16)12-5-3-7-15-9-12/h2-9H,10H2,1H3. The molecule has 0 radical (unpaired) electrons. The van der Waals surface area contributed by atoms with E-state index in [-0.39, 0.29) is 12.6 Å². The molecule has 0 saturated heterocycles. The molecule has 0 saturated carbocycles. The lowest BCUT2D eigenvalue weighted by molar-refractivity contribution is 0.0510. The SMILES string of the molecule is COCOc1cccc(C(=O)c2cccnc2)c1. The fourth-order valence-corrected chi connectivity index (χ4v) is 1.52. The molecule has 0 N–H and O–H groups in total. The van der Waals surface area contributed by atoms with Crippen LogP contribution in [0.2, 0.25) is 0 Å². The normalized spacial score (nSPS) is 10.1. The Kier molecular flexibility index (Phi) is 4.04. The first-order valence-electron chi connectivity index (χ1n) is 5.48. The summed E-state index contributed by atoms with van der Waals surface area (Å²) in [6.45, 7) is 0.157. The average Bonchev–Trinajstić information content (AvgIpc) is 2.45. The molecule has 0 amide bonds. The fraction of sp³-hybridized carbons (Fsp3) is 0.143. The van der Waals surface area contributed by atoms with Crippen LogP contribution in [-0.4, -0.2) is 24.7 Å². The van der Waals surface area contributed by atoms with Gasteiger partial charge in [0, 0.05) is 30.6 Å². The first-order chi connectivity index (χ1) is 8.81. The molecular formula is C14H13NO3. The van der Waals surface area contributed by atoms with Crippen molar-refractivity contribution < 1.29 is 14.3 Å². The third-order valence-corrected chi connectivity index (χ3v) is 2.36. The van der Waals surface area contributed by atoms with Crippen molar-refractivity contribution >= 4 is 5.78 Å². The molecule has 4 heteroatoms. The first kappa shape index (κ1) is 12.3. The van der Waals surface area contributed by atoms with Crippen LogP contribution in [0.5, 0.6) is 5.75 Å². The maximum atomic E-state index is 12.1. The zero-order valence-electron chi connectivity index (χ0n) is 10.00. The number of hydrogen-bond donors (Lipinski definition) is 0. The molecule has 0 aliphatic heterocycles. The Balaban J connectivity index is 2.20. The number of hydrogen-bond acceptors (Lipinski definition) is 4. The van der Waals surface area contributed by atoms with Crippen LogP contribution in [0.1, 0.15) is 15.9 Å². The number of ketones is 1. The number of aromatic nitrogens is 1. The van der Waals surface area contributed by atoms with Crippen molar-refractivity contribution in [2.24, 2.45) is 0 Å². The largest absolute Gasteiger partial charge is 0.468 e. The molecule has 1 heterocycles. The zero-order valence-corrected chi connectivity index (χ0v) is 10.00. The fourth-order valence-electron chi connectivity index (χ4n) is 1.52. The molecule has 0 atom stereocenters. The molecular weight excluding hydrogens is 230 g/mol. The number of methoxy groups -OCH3 is 1. The van der Waals surface area contributed by atoms with Crippen molar-refractivity contribution in [2.45, 2.75) is 0 Å². The lowest BCUT2D eigenvalue weighted by Gasteiger charge is -2.06. The summed E-state index contributed by atoms with van der Waals surface area (Å²) in [6, 6.07) is 10.5. The van der Waals surface area contributed by atoms with Gasteiger partial charge in [0.05, 0.1) is 0 Å². The van der Waals surface area contributed by atoms with Gasteiger partial charge in [0.15, 0.2) is 12.6 Å². The van der Waals surface area contributed by atoms with Gasteiger partial charge in [0.25, 0.3) is 0 Å². The summed E-state index contributed by atoms with van der Waals surface area (Å²) in [5, 5.41) is 0. The van der Waals surface area contributed by atoms with E-state index in [1.165, 1.54) is 0 Å². The van der Waals surface area contributed by atoms with Crippen LogP contribution in [0, 0.1) is 0 Å². The van der Waals surface area contributed by atoms with Crippen LogP contribution in [0.25, 0.3) is 0 Å². The molecule has 0 bridgehead atoms. The zero-order chi connectivity index (χ0) is 12.8. The van der Waals surface area contributed by atoms with Crippen LogP contribution in [-0.2, 0) is 4.74 Å². The molecule has 0 spiro atoms. The molecule has 92 valence electrons. The predicted octanol–water partition coefficient (Wildman–Crippen LogP) is 2.30. The minimum atomic E-state index is -0.0778. The van der Waals surface area contributed by atoms with Gasteiger partial charge in [-0.2, -0.15) is 0 Å². The summed E-state index contributed by atoms with van der Waals surface area (Å²) in [4.78, 5) is 16.1. The van der Waals surface area contributed by atoms with Gasteiger partial charge in [-0.25, -0.2) is 0 Å². The molecule has 0 aliphatic rings. The van der Waals surface area contributed by atoms with Crippen molar-refractivity contribution in [3.8, 4) is 5.75 Å². The smallest absolute Gasteiger partial charge is 0.194 e. The van der Waals surface area contributed by atoms with Gasteiger partial charge in [-0.3, -0.25) is 9.78 Å². The van der Waals surface area contributed by atoms with Crippen molar-refractivity contribution in [1.29, 1.82) is 0 Å². The van der Waals surface area contributed by atoms with E-state index in [9.17, 15) is 4.79 Å². The molecule has 1 aromatic carbocycles. The van der Waals surface area contributed by atoms with Crippen molar-refractivity contribution in [3.63, 3.8) is 0 Å². The number of carbonyl (C=O) groups is 1. The summed E-state index contributed by atoms with van der Waals surface area (Å²) < 4.78 is 10.1. The van der Waals surface area contributed by atoms with Gasteiger partial charge in [0.1, 0.15) is 5.75 Å². The maximum absolute atomic E-state index is 12.1. The van der Waals surface area contributed by atoms with E-state index < -0.39 is 0 Å². The number of pyridine rings is 1.